The lowest BCUT2D eigenvalue weighted by molar-refractivity contribution is -0.385. The fraction of sp³-hybridized carbons (Fsp3) is 0.0769. The van der Waals surface area contributed by atoms with E-state index < -0.39 is 10.5 Å². The average molecular weight is 334 g/mol. The summed E-state index contributed by atoms with van der Waals surface area (Å²) in [6.07, 6.45) is 1.54. The Bertz CT molecular complexity index is 777. The number of hydrogen-bond acceptors (Lipinski definition) is 4. The van der Waals surface area contributed by atoms with E-state index in [1.807, 2.05) is 6.07 Å². The van der Waals surface area contributed by atoms with E-state index in [0.717, 1.165) is 0 Å². The minimum Gasteiger partial charge on any atom is -0.310 e. The lowest BCUT2D eigenvalue weighted by atomic mass is 10.2. The number of nitro groups is 1. The van der Waals surface area contributed by atoms with Gasteiger partial charge in [0.1, 0.15) is 16.1 Å². The summed E-state index contributed by atoms with van der Waals surface area (Å²) in [6.45, 7) is 0.149. The van der Waals surface area contributed by atoms with E-state index in [-0.39, 0.29) is 17.8 Å². The number of rotatable bonds is 3. The van der Waals surface area contributed by atoms with E-state index in [9.17, 15) is 14.9 Å². The highest BCUT2D eigenvalue weighted by Gasteiger charge is 2.15. The van der Waals surface area contributed by atoms with Crippen LogP contribution in [0.1, 0.15) is 11.1 Å². The predicted molar refractivity (Wildman–Crippen MR) is 75.3 cm³/mol. The van der Waals surface area contributed by atoms with Crippen molar-refractivity contribution in [3.63, 3.8) is 0 Å². The molecule has 0 spiro atoms. The second-order valence-electron chi connectivity index (χ2n) is 3.97. The molecule has 0 atom stereocenters. The number of nitrogens with zero attached hydrogens (tertiary/aromatic N) is 3. The predicted octanol–water partition coefficient (Wildman–Crippen LogP) is 2.44. The van der Waals surface area contributed by atoms with Gasteiger partial charge >= 0.3 is 0 Å². The van der Waals surface area contributed by atoms with Crippen LogP contribution in [-0.2, 0) is 6.54 Å². The van der Waals surface area contributed by atoms with Crippen LogP contribution in [0.25, 0.3) is 0 Å². The molecule has 6 nitrogen and oxygen atoms in total. The number of halogens is 1. The van der Waals surface area contributed by atoms with Gasteiger partial charge in [-0.1, -0.05) is 12.1 Å². The first-order valence-corrected chi connectivity index (χ1v) is 6.35. The molecule has 0 unspecified atom stereocenters. The van der Waals surface area contributed by atoms with Gasteiger partial charge in [-0.25, -0.2) is 0 Å². The second kappa shape index (κ2) is 5.67. The Morgan fingerprint density at radius 1 is 1.35 bits per heavy atom. The molecule has 0 aliphatic heterocycles. The molecule has 0 amide bonds. The van der Waals surface area contributed by atoms with E-state index in [2.05, 4.69) is 15.9 Å². The maximum atomic E-state index is 11.9. The largest absolute Gasteiger partial charge is 0.310 e. The van der Waals surface area contributed by atoms with Crippen molar-refractivity contribution in [1.82, 2.24) is 4.57 Å². The van der Waals surface area contributed by atoms with Gasteiger partial charge in [-0.15, -0.1) is 0 Å². The number of aromatic nitrogens is 1. The summed E-state index contributed by atoms with van der Waals surface area (Å²) in [5.74, 6) is 0. The minimum absolute atomic E-state index is 0.0362. The van der Waals surface area contributed by atoms with E-state index >= 15 is 0 Å². The lowest BCUT2D eigenvalue weighted by Crippen LogP contribution is -2.22. The summed E-state index contributed by atoms with van der Waals surface area (Å²) in [5.41, 5.74) is 0.144. The Labute approximate surface area is 122 Å². The van der Waals surface area contributed by atoms with Crippen LogP contribution >= 0.6 is 15.9 Å². The van der Waals surface area contributed by atoms with Crippen molar-refractivity contribution in [1.29, 1.82) is 5.26 Å². The Hall–Kier alpha value is -2.46. The molecular formula is C13H8BrN3O3. The highest BCUT2D eigenvalue weighted by atomic mass is 79.9. The maximum Gasteiger partial charge on any atom is 0.283 e. The summed E-state index contributed by atoms with van der Waals surface area (Å²) < 4.78 is 1.67. The zero-order valence-electron chi connectivity index (χ0n) is 10.1. The molecule has 0 aliphatic carbocycles. The molecule has 2 aromatic rings. The molecule has 100 valence electrons. The molecule has 0 N–H and O–H groups in total. The molecule has 0 saturated heterocycles. The topological polar surface area (TPSA) is 88.9 Å². The van der Waals surface area contributed by atoms with Gasteiger partial charge in [0.15, 0.2) is 0 Å². The summed E-state index contributed by atoms with van der Waals surface area (Å²) in [5, 5.41) is 19.7. The fourth-order valence-electron chi connectivity index (χ4n) is 1.76. The molecule has 0 aliphatic rings. The van der Waals surface area contributed by atoms with Crippen molar-refractivity contribution in [2.24, 2.45) is 0 Å². The van der Waals surface area contributed by atoms with Crippen molar-refractivity contribution >= 4 is 21.6 Å². The number of benzene rings is 1. The monoisotopic (exact) mass is 333 g/mol. The molecule has 20 heavy (non-hydrogen) atoms. The van der Waals surface area contributed by atoms with Gasteiger partial charge in [-0.3, -0.25) is 14.9 Å². The van der Waals surface area contributed by atoms with Gasteiger partial charge in [0.25, 0.3) is 11.2 Å². The number of hydrogen-bond donors (Lipinski definition) is 0. The van der Waals surface area contributed by atoms with Crippen molar-refractivity contribution in [3.8, 4) is 6.07 Å². The normalized spacial score (nSPS) is 10.0. The van der Waals surface area contributed by atoms with Gasteiger partial charge in [-0.2, -0.15) is 5.26 Å². The lowest BCUT2D eigenvalue weighted by Gasteiger charge is -2.08. The van der Waals surface area contributed by atoms with Crippen LogP contribution in [0.2, 0.25) is 0 Å². The van der Waals surface area contributed by atoms with Gasteiger partial charge in [-0.05, 0) is 33.6 Å². The van der Waals surface area contributed by atoms with E-state index in [1.165, 1.54) is 22.9 Å². The summed E-state index contributed by atoms with van der Waals surface area (Å²) >= 11 is 3.18. The number of nitriles is 1. The third kappa shape index (κ3) is 2.60. The molecule has 2 rings (SSSR count). The van der Waals surface area contributed by atoms with Crippen molar-refractivity contribution in [2.75, 3.05) is 0 Å². The third-order valence-corrected chi connectivity index (χ3v) is 3.65. The minimum atomic E-state index is -0.498. The Balaban J connectivity index is 2.47. The van der Waals surface area contributed by atoms with Crippen molar-refractivity contribution < 1.29 is 4.92 Å². The molecule has 7 heteroatoms. The van der Waals surface area contributed by atoms with Gasteiger partial charge in [0, 0.05) is 12.3 Å². The van der Waals surface area contributed by atoms with Crippen LogP contribution in [0.5, 0.6) is 0 Å². The van der Waals surface area contributed by atoms with E-state index in [0.29, 0.717) is 10.0 Å². The van der Waals surface area contributed by atoms with Crippen LogP contribution < -0.4 is 5.56 Å². The maximum absolute atomic E-state index is 11.9. The molecule has 1 heterocycles. The van der Waals surface area contributed by atoms with Crippen molar-refractivity contribution in [3.05, 3.63) is 72.6 Å². The zero-order chi connectivity index (χ0) is 14.7. The Morgan fingerprint density at radius 2 is 2.10 bits per heavy atom. The standard InChI is InChI=1S/C13H8BrN3O3/c14-12-10(3-1-5-11(12)17(19)20)8-16-6-2-4-9(7-15)13(16)18/h1-6H,8H2. The summed E-state index contributed by atoms with van der Waals surface area (Å²) in [4.78, 5) is 22.3. The van der Waals surface area contributed by atoms with E-state index in [1.54, 1.807) is 18.2 Å². The molecule has 0 bridgehead atoms. The highest BCUT2D eigenvalue weighted by molar-refractivity contribution is 9.10. The summed E-state index contributed by atoms with van der Waals surface area (Å²) in [6, 6.07) is 9.45. The molecular weight excluding hydrogens is 326 g/mol. The number of nitro benzene ring substituents is 1. The highest BCUT2D eigenvalue weighted by Crippen LogP contribution is 2.28. The Morgan fingerprint density at radius 3 is 2.75 bits per heavy atom. The van der Waals surface area contributed by atoms with Crippen LogP contribution in [0.15, 0.2) is 45.8 Å². The summed E-state index contributed by atoms with van der Waals surface area (Å²) in [7, 11) is 0. The van der Waals surface area contributed by atoms with Gasteiger partial charge in [0.05, 0.1) is 11.5 Å². The van der Waals surface area contributed by atoms with E-state index in [4.69, 9.17) is 5.26 Å². The Kier molecular flexibility index (Phi) is 3.96. The average Bonchev–Trinajstić information content (AvgIpc) is 2.43. The first-order valence-electron chi connectivity index (χ1n) is 5.56. The van der Waals surface area contributed by atoms with Crippen LogP contribution in [0.4, 0.5) is 5.69 Å². The second-order valence-corrected chi connectivity index (χ2v) is 4.77. The fourth-order valence-corrected chi connectivity index (χ4v) is 2.29. The van der Waals surface area contributed by atoms with Crippen LogP contribution in [0, 0.1) is 21.4 Å². The molecule has 0 saturated carbocycles. The molecule has 0 radical (unpaired) electrons. The SMILES string of the molecule is N#Cc1cccn(Cc2cccc([N+](=O)[O-])c2Br)c1=O. The zero-order valence-corrected chi connectivity index (χ0v) is 11.7. The first kappa shape index (κ1) is 14.0. The third-order valence-electron chi connectivity index (χ3n) is 2.74. The van der Waals surface area contributed by atoms with Crippen LogP contribution in [0.3, 0.4) is 0 Å². The smallest absolute Gasteiger partial charge is 0.283 e. The van der Waals surface area contributed by atoms with Gasteiger partial charge in [0.2, 0.25) is 0 Å². The van der Waals surface area contributed by atoms with Gasteiger partial charge < -0.3 is 4.57 Å². The van der Waals surface area contributed by atoms with Crippen LogP contribution in [-0.4, -0.2) is 9.49 Å². The number of pyridine rings is 1. The molecule has 1 aromatic heterocycles. The first-order chi connectivity index (χ1) is 9.54. The molecule has 0 fully saturated rings. The quantitative estimate of drug-likeness (QED) is 0.637. The molecule has 1 aromatic carbocycles. The van der Waals surface area contributed by atoms with Crippen molar-refractivity contribution in [2.45, 2.75) is 6.54 Å².